The molecule has 1 N–H and O–H groups in total. The van der Waals surface area contributed by atoms with Crippen molar-refractivity contribution in [3.05, 3.63) is 23.3 Å². The molecule has 5 nitrogen and oxygen atoms in total. The SMILES string of the molecule is CC(C)(C)OC(=O)N1CC=C2C(C)(C)C(O)C(C#N)=C[C@]2(C)C1. The van der Waals surface area contributed by atoms with Crippen LogP contribution in [0.1, 0.15) is 41.5 Å². The Labute approximate surface area is 138 Å². The number of hydrogen-bond donors (Lipinski definition) is 1. The van der Waals surface area contributed by atoms with Crippen molar-refractivity contribution >= 4 is 6.09 Å². The van der Waals surface area contributed by atoms with E-state index in [-0.39, 0.29) is 6.09 Å². The monoisotopic (exact) mass is 318 g/mol. The molecule has 1 amide bonds. The summed E-state index contributed by atoms with van der Waals surface area (Å²) in [7, 11) is 0. The van der Waals surface area contributed by atoms with Crippen molar-refractivity contribution in [2.24, 2.45) is 10.8 Å². The fraction of sp³-hybridized carbons (Fsp3) is 0.667. The molecule has 1 heterocycles. The molecule has 0 aromatic rings. The number of rotatable bonds is 0. The molecular weight excluding hydrogens is 292 g/mol. The number of nitrogens with zero attached hydrogens (tertiary/aromatic N) is 2. The first-order valence-electron chi connectivity index (χ1n) is 7.91. The lowest BCUT2D eigenvalue weighted by molar-refractivity contribution is 0.0165. The van der Waals surface area contributed by atoms with Gasteiger partial charge in [0.05, 0.1) is 17.7 Å². The number of ether oxygens (including phenoxy) is 1. The smallest absolute Gasteiger partial charge is 0.410 e. The molecule has 0 saturated heterocycles. The zero-order chi connectivity index (χ0) is 17.6. The standard InChI is InChI=1S/C18H26N2O3/c1-16(2,3)23-15(22)20-8-7-13-17(4,5)14(21)12(10-19)9-18(13,6)11-20/h7,9,14,21H,8,11H2,1-6H3/t14?,18-/m1/s1. The molecule has 5 heteroatoms. The normalized spacial score (nSPS) is 29.8. The quantitative estimate of drug-likeness (QED) is 0.697. The highest BCUT2D eigenvalue weighted by atomic mass is 16.6. The van der Waals surface area contributed by atoms with E-state index in [4.69, 9.17) is 4.74 Å². The Kier molecular flexibility index (Phi) is 4.11. The Bertz CT molecular complexity index is 619. The maximum atomic E-state index is 12.3. The molecule has 0 radical (unpaired) electrons. The minimum Gasteiger partial charge on any atom is -0.444 e. The summed E-state index contributed by atoms with van der Waals surface area (Å²) in [5.41, 5.74) is -0.119. The van der Waals surface area contributed by atoms with E-state index in [0.29, 0.717) is 18.7 Å². The Hall–Kier alpha value is -1.80. The van der Waals surface area contributed by atoms with Gasteiger partial charge in [-0.15, -0.1) is 0 Å². The third-order valence-electron chi connectivity index (χ3n) is 4.58. The van der Waals surface area contributed by atoms with Crippen LogP contribution in [0.3, 0.4) is 0 Å². The highest BCUT2D eigenvalue weighted by Crippen LogP contribution is 2.51. The molecule has 2 aliphatic rings. The number of carbonyl (C=O) groups is 1. The number of carbonyl (C=O) groups excluding carboxylic acids is 1. The molecule has 0 bridgehead atoms. The first-order valence-corrected chi connectivity index (χ1v) is 7.91. The van der Waals surface area contributed by atoms with E-state index in [1.54, 1.807) is 11.0 Å². The van der Waals surface area contributed by atoms with Crippen molar-refractivity contribution in [3.8, 4) is 6.07 Å². The van der Waals surface area contributed by atoms with Gasteiger partial charge in [0.25, 0.3) is 0 Å². The fourth-order valence-electron chi connectivity index (χ4n) is 3.62. The summed E-state index contributed by atoms with van der Waals surface area (Å²) in [6, 6.07) is 2.10. The number of hydrogen-bond acceptors (Lipinski definition) is 4. The summed E-state index contributed by atoms with van der Waals surface area (Å²) in [4.78, 5) is 14.0. The van der Waals surface area contributed by atoms with Crippen molar-refractivity contribution in [3.63, 3.8) is 0 Å². The van der Waals surface area contributed by atoms with E-state index in [1.165, 1.54) is 0 Å². The molecule has 2 atom stereocenters. The molecule has 2 rings (SSSR count). The summed E-state index contributed by atoms with van der Waals surface area (Å²) >= 11 is 0. The zero-order valence-electron chi connectivity index (χ0n) is 14.8. The highest BCUT2D eigenvalue weighted by Gasteiger charge is 2.49. The molecule has 23 heavy (non-hydrogen) atoms. The van der Waals surface area contributed by atoms with Gasteiger partial charge in [-0.3, -0.25) is 0 Å². The molecule has 0 fully saturated rings. The molecule has 0 saturated carbocycles. The lowest BCUT2D eigenvalue weighted by atomic mass is 9.59. The van der Waals surface area contributed by atoms with E-state index in [0.717, 1.165) is 5.57 Å². The van der Waals surface area contributed by atoms with Crippen molar-refractivity contribution in [2.45, 2.75) is 53.2 Å². The lowest BCUT2D eigenvalue weighted by Crippen LogP contribution is -2.52. The largest absolute Gasteiger partial charge is 0.444 e. The molecule has 1 aliphatic carbocycles. The third kappa shape index (κ3) is 3.13. The molecular formula is C18H26N2O3. The van der Waals surface area contributed by atoms with Gasteiger partial charge in [-0.25, -0.2) is 4.79 Å². The second-order valence-corrected chi connectivity index (χ2v) is 8.23. The average Bonchev–Trinajstić information content (AvgIpc) is 2.40. The molecule has 126 valence electrons. The molecule has 0 spiro atoms. The summed E-state index contributed by atoms with van der Waals surface area (Å²) in [6.45, 7) is 12.3. The first-order chi connectivity index (χ1) is 10.4. The van der Waals surface area contributed by atoms with Gasteiger partial charge in [-0.1, -0.05) is 38.5 Å². The predicted molar refractivity (Wildman–Crippen MR) is 87.5 cm³/mol. The Morgan fingerprint density at radius 3 is 2.57 bits per heavy atom. The summed E-state index contributed by atoms with van der Waals surface area (Å²) < 4.78 is 5.45. The van der Waals surface area contributed by atoms with Crippen LogP contribution in [0.2, 0.25) is 0 Å². The predicted octanol–water partition coefficient (Wildman–Crippen LogP) is 3.02. The third-order valence-corrected chi connectivity index (χ3v) is 4.58. The van der Waals surface area contributed by atoms with Crippen molar-refractivity contribution in [1.29, 1.82) is 5.26 Å². The van der Waals surface area contributed by atoms with Crippen LogP contribution in [-0.4, -0.2) is 40.9 Å². The van der Waals surface area contributed by atoms with Gasteiger partial charge in [0.1, 0.15) is 5.60 Å². The number of aliphatic hydroxyl groups excluding tert-OH is 1. The van der Waals surface area contributed by atoms with Gasteiger partial charge in [0.15, 0.2) is 0 Å². The van der Waals surface area contributed by atoms with Crippen LogP contribution < -0.4 is 0 Å². The first kappa shape index (κ1) is 17.6. The van der Waals surface area contributed by atoms with E-state index in [9.17, 15) is 15.2 Å². The van der Waals surface area contributed by atoms with Gasteiger partial charge in [0.2, 0.25) is 0 Å². The summed E-state index contributed by atoms with van der Waals surface area (Å²) in [6.07, 6.45) is 2.61. The molecule has 0 aromatic carbocycles. The van der Waals surface area contributed by atoms with Crippen LogP contribution in [0.25, 0.3) is 0 Å². The topological polar surface area (TPSA) is 73.6 Å². The molecule has 1 aliphatic heterocycles. The summed E-state index contributed by atoms with van der Waals surface area (Å²) in [5, 5.41) is 19.8. The van der Waals surface area contributed by atoms with Crippen molar-refractivity contribution in [1.82, 2.24) is 4.90 Å². The van der Waals surface area contributed by atoms with Crippen LogP contribution in [0, 0.1) is 22.2 Å². The van der Waals surface area contributed by atoms with E-state index < -0.39 is 22.5 Å². The van der Waals surface area contributed by atoms with Crippen LogP contribution in [0.15, 0.2) is 23.3 Å². The van der Waals surface area contributed by atoms with Crippen molar-refractivity contribution < 1.29 is 14.6 Å². The van der Waals surface area contributed by atoms with E-state index >= 15 is 0 Å². The molecule has 1 unspecified atom stereocenters. The van der Waals surface area contributed by atoms with Gasteiger partial charge in [-0.05, 0) is 20.8 Å². The number of amides is 1. The highest BCUT2D eigenvalue weighted by molar-refractivity contribution is 5.69. The van der Waals surface area contributed by atoms with Gasteiger partial charge >= 0.3 is 6.09 Å². The van der Waals surface area contributed by atoms with Crippen LogP contribution in [0.5, 0.6) is 0 Å². The minimum atomic E-state index is -0.820. The summed E-state index contributed by atoms with van der Waals surface area (Å²) in [5.74, 6) is 0. The maximum Gasteiger partial charge on any atom is 0.410 e. The van der Waals surface area contributed by atoms with Crippen molar-refractivity contribution in [2.75, 3.05) is 13.1 Å². The maximum absolute atomic E-state index is 12.3. The number of fused-ring (bicyclic) bond motifs is 1. The van der Waals surface area contributed by atoms with Crippen LogP contribution >= 0.6 is 0 Å². The fourth-order valence-corrected chi connectivity index (χ4v) is 3.62. The Balaban J connectivity index is 2.36. The zero-order valence-corrected chi connectivity index (χ0v) is 14.8. The number of aliphatic hydroxyl groups is 1. The van der Waals surface area contributed by atoms with Crippen LogP contribution in [-0.2, 0) is 4.74 Å². The Morgan fingerprint density at radius 2 is 2.04 bits per heavy atom. The second-order valence-electron chi connectivity index (χ2n) is 8.23. The second kappa shape index (κ2) is 5.38. The van der Waals surface area contributed by atoms with E-state index in [1.807, 2.05) is 47.6 Å². The lowest BCUT2D eigenvalue weighted by Gasteiger charge is -2.50. The Morgan fingerprint density at radius 1 is 1.43 bits per heavy atom. The van der Waals surface area contributed by atoms with E-state index in [2.05, 4.69) is 6.07 Å². The van der Waals surface area contributed by atoms with Gasteiger partial charge < -0.3 is 14.7 Å². The minimum absolute atomic E-state index is 0.357. The molecule has 0 aromatic heterocycles. The average molecular weight is 318 g/mol. The van der Waals surface area contributed by atoms with Gasteiger partial charge in [-0.2, -0.15) is 5.26 Å². The van der Waals surface area contributed by atoms with Gasteiger partial charge in [0, 0.05) is 23.9 Å². The van der Waals surface area contributed by atoms with Crippen LogP contribution in [0.4, 0.5) is 4.79 Å². The number of nitriles is 1.